The van der Waals surface area contributed by atoms with E-state index in [4.69, 9.17) is 10.5 Å². The van der Waals surface area contributed by atoms with Crippen LogP contribution in [0.25, 0.3) is 0 Å². The van der Waals surface area contributed by atoms with Crippen LogP contribution < -0.4 is 5.73 Å². The highest BCUT2D eigenvalue weighted by atomic mass is 32.2. The summed E-state index contributed by atoms with van der Waals surface area (Å²) in [5, 5.41) is -0.300. The number of nitrogens with two attached hydrogens (primary N) is 1. The van der Waals surface area contributed by atoms with Gasteiger partial charge in [0.1, 0.15) is 0 Å². The quantitative estimate of drug-likeness (QED) is 0.612. The predicted octanol–water partition coefficient (Wildman–Crippen LogP) is -0.851. The van der Waals surface area contributed by atoms with Gasteiger partial charge in [-0.15, -0.1) is 0 Å². The van der Waals surface area contributed by atoms with Crippen molar-refractivity contribution in [3.63, 3.8) is 0 Å². The minimum atomic E-state index is -2.96. The van der Waals surface area contributed by atoms with Gasteiger partial charge in [0.05, 0.1) is 17.6 Å². The Hall–Kier alpha value is -0.130. The summed E-state index contributed by atoms with van der Waals surface area (Å²) in [4.78, 5) is 0. The van der Waals surface area contributed by atoms with Crippen LogP contribution in [0, 0.1) is 0 Å². The Morgan fingerprint density at radius 3 is 2.73 bits per heavy atom. The molecule has 0 saturated carbocycles. The Balaban J connectivity index is 2.56. The summed E-state index contributed by atoms with van der Waals surface area (Å²) >= 11 is 0. The maximum atomic E-state index is 11.3. The molecule has 66 valence electrons. The average molecular weight is 179 g/mol. The SMILES string of the molecule is NCCS(=O)(=O)C1CCOC1. The third kappa shape index (κ3) is 2.15. The van der Waals surface area contributed by atoms with E-state index in [0.29, 0.717) is 19.6 Å². The van der Waals surface area contributed by atoms with Crippen molar-refractivity contribution >= 4 is 9.84 Å². The second-order valence-electron chi connectivity index (χ2n) is 2.64. The van der Waals surface area contributed by atoms with Gasteiger partial charge in [0.15, 0.2) is 9.84 Å². The van der Waals surface area contributed by atoms with Crippen molar-refractivity contribution < 1.29 is 13.2 Å². The first-order valence-corrected chi connectivity index (χ1v) is 5.38. The van der Waals surface area contributed by atoms with Crippen LogP contribution in [0.2, 0.25) is 0 Å². The summed E-state index contributed by atoms with van der Waals surface area (Å²) in [6.45, 7) is 1.12. The van der Waals surface area contributed by atoms with Gasteiger partial charge in [0.25, 0.3) is 0 Å². The van der Waals surface area contributed by atoms with Crippen molar-refractivity contribution in [3.8, 4) is 0 Å². The summed E-state index contributed by atoms with van der Waals surface area (Å²) < 4.78 is 27.5. The van der Waals surface area contributed by atoms with E-state index in [-0.39, 0.29) is 17.5 Å². The van der Waals surface area contributed by atoms with E-state index in [0.717, 1.165) is 0 Å². The molecular formula is C6H13NO3S. The first-order valence-electron chi connectivity index (χ1n) is 3.66. The van der Waals surface area contributed by atoms with Gasteiger partial charge in [-0.1, -0.05) is 0 Å². The highest BCUT2D eigenvalue weighted by Crippen LogP contribution is 2.13. The molecule has 0 radical (unpaired) electrons. The molecule has 1 atom stereocenters. The second kappa shape index (κ2) is 3.51. The van der Waals surface area contributed by atoms with Crippen molar-refractivity contribution in [3.05, 3.63) is 0 Å². The number of sulfone groups is 1. The molecule has 0 bridgehead atoms. The zero-order valence-corrected chi connectivity index (χ0v) is 7.14. The molecule has 0 aromatic rings. The van der Waals surface area contributed by atoms with Crippen molar-refractivity contribution in [1.29, 1.82) is 0 Å². The summed E-state index contributed by atoms with van der Waals surface area (Å²) in [7, 11) is -2.96. The van der Waals surface area contributed by atoms with Crippen LogP contribution >= 0.6 is 0 Å². The third-order valence-corrected chi connectivity index (χ3v) is 3.99. The van der Waals surface area contributed by atoms with E-state index in [1.165, 1.54) is 0 Å². The monoisotopic (exact) mass is 179 g/mol. The highest BCUT2D eigenvalue weighted by molar-refractivity contribution is 7.92. The van der Waals surface area contributed by atoms with Crippen LogP contribution in [0.5, 0.6) is 0 Å². The van der Waals surface area contributed by atoms with E-state index in [1.54, 1.807) is 0 Å². The minimum Gasteiger partial charge on any atom is -0.380 e. The number of rotatable bonds is 3. The first-order chi connectivity index (χ1) is 5.17. The molecule has 0 aliphatic carbocycles. The van der Waals surface area contributed by atoms with Gasteiger partial charge in [0.2, 0.25) is 0 Å². The van der Waals surface area contributed by atoms with E-state index >= 15 is 0 Å². The highest BCUT2D eigenvalue weighted by Gasteiger charge is 2.28. The lowest BCUT2D eigenvalue weighted by molar-refractivity contribution is 0.198. The maximum Gasteiger partial charge on any atom is 0.156 e. The van der Waals surface area contributed by atoms with Crippen LogP contribution in [0.1, 0.15) is 6.42 Å². The van der Waals surface area contributed by atoms with Crippen molar-refractivity contribution in [2.24, 2.45) is 5.73 Å². The Kier molecular flexibility index (Phi) is 2.86. The largest absolute Gasteiger partial charge is 0.380 e. The van der Waals surface area contributed by atoms with Crippen LogP contribution in [0.3, 0.4) is 0 Å². The topological polar surface area (TPSA) is 69.4 Å². The van der Waals surface area contributed by atoms with Crippen molar-refractivity contribution in [2.45, 2.75) is 11.7 Å². The predicted molar refractivity (Wildman–Crippen MR) is 42.1 cm³/mol. The molecule has 1 aliphatic heterocycles. The van der Waals surface area contributed by atoms with Crippen LogP contribution in [0.15, 0.2) is 0 Å². The molecule has 1 heterocycles. The molecule has 0 spiro atoms. The number of hydrogen-bond acceptors (Lipinski definition) is 4. The van der Waals surface area contributed by atoms with Crippen LogP contribution in [0.4, 0.5) is 0 Å². The molecule has 1 saturated heterocycles. The zero-order valence-electron chi connectivity index (χ0n) is 6.32. The summed E-state index contributed by atoms with van der Waals surface area (Å²) in [5.74, 6) is 0.0844. The smallest absolute Gasteiger partial charge is 0.156 e. The molecule has 1 fully saturated rings. The molecule has 0 aromatic carbocycles. The number of ether oxygens (including phenoxy) is 1. The van der Waals surface area contributed by atoms with E-state index in [9.17, 15) is 8.42 Å². The Morgan fingerprint density at radius 1 is 1.55 bits per heavy atom. The molecule has 2 N–H and O–H groups in total. The zero-order chi connectivity index (χ0) is 8.32. The van der Waals surface area contributed by atoms with Crippen molar-refractivity contribution in [2.75, 3.05) is 25.5 Å². The van der Waals surface area contributed by atoms with Crippen LogP contribution in [-0.2, 0) is 14.6 Å². The van der Waals surface area contributed by atoms with Gasteiger partial charge in [0, 0.05) is 13.2 Å². The average Bonchev–Trinajstić information content (AvgIpc) is 2.37. The van der Waals surface area contributed by atoms with E-state index in [1.807, 2.05) is 0 Å². The fourth-order valence-corrected chi connectivity index (χ4v) is 2.55. The third-order valence-electron chi connectivity index (χ3n) is 1.80. The van der Waals surface area contributed by atoms with Gasteiger partial charge in [-0.05, 0) is 6.42 Å². The molecule has 5 heteroatoms. The van der Waals surface area contributed by atoms with Gasteiger partial charge in [-0.25, -0.2) is 8.42 Å². The molecule has 1 aliphatic rings. The Labute approximate surface area is 66.6 Å². The van der Waals surface area contributed by atoms with Gasteiger partial charge in [-0.3, -0.25) is 0 Å². The lowest BCUT2D eigenvalue weighted by Gasteiger charge is -2.07. The molecule has 1 rings (SSSR count). The normalized spacial score (nSPS) is 25.7. The summed E-state index contributed by atoms with van der Waals surface area (Å²) in [6, 6.07) is 0. The lowest BCUT2D eigenvalue weighted by atomic mass is 10.4. The molecule has 1 unspecified atom stereocenters. The maximum absolute atomic E-state index is 11.3. The number of hydrogen-bond donors (Lipinski definition) is 1. The standard InChI is InChI=1S/C6H13NO3S/c7-2-4-11(8,9)6-1-3-10-5-6/h6H,1-5,7H2. The minimum absolute atomic E-state index is 0.0844. The van der Waals surface area contributed by atoms with Crippen molar-refractivity contribution in [1.82, 2.24) is 0 Å². The van der Waals surface area contributed by atoms with Crippen LogP contribution in [-0.4, -0.2) is 39.2 Å². The summed E-state index contributed by atoms with van der Waals surface area (Å²) in [5.41, 5.74) is 5.16. The Morgan fingerprint density at radius 2 is 2.27 bits per heavy atom. The second-order valence-corrected chi connectivity index (χ2v) is 5.04. The molecular weight excluding hydrogens is 166 g/mol. The van der Waals surface area contributed by atoms with E-state index in [2.05, 4.69) is 0 Å². The molecule has 0 amide bonds. The van der Waals surface area contributed by atoms with Gasteiger partial charge in [-0.2, -0.15) is 0 Å². The molecule has 11 heavy (non-hydrogen) atoms. The molecule has 0 aromatic heterocycles. The Bertz CT molecular complexity index is 206. The fourth-order valence-electron chi connectivity index (χ4n) is 1.13. The summed E-state index contributed by atoms with van der Waals surface area (Å²) in [6.07, 6.45) is 0.627. The van der Waals surface area contributed by atoms with Gasteiger partial charge >= 0.3 is 0 Å². The first kappa shape index (κ1) is 8.96. The molecule has 4 nitrogen and oxygen atoms in total. The van der Waals surface area contributed by atoms with E-state index < -0.39 is 9.84 Å². The van der Waals surface area contributed by atoms with Gasteiger partial charge < -0.3 is 10.5 Å². The lowest BCUT2D eigenvalue weighted by Crippen LogP contribution is -2.27. The fraction of sp³-hybridized carbons (Fsp3) is 1.00.